The Labute approximate surface area is 83.6 Å². The molecule has 1 aliphatic heterocycles. The molecule has 0 spiro atoms. The Balaban J connectivity index is 1.98. The minimum absolute atomic E-state index is 0.0363. The minimum atomic E-state index is -0.0363. The molecule has 1 saturated heterocycles. The average Bonchev–Trinajstić information content (AvgIpc) is 2.94. The predicted octanol–water partition coefficient (Wildman–Crippen LogP) is 1.21. The minimum Gasteiger partial charge on any atom is -0.375 e. The summed E-state index contributed by atoms with van der Waals surface area (Å²) in [5.74, 6) is 0.448. The van der Waals surface area contributed by atoms with Gasteiger partial charge in [-0.3, -0.25) is 0 Å². The first kappa shape index (κ1) is 11.0. The van der Waals surface area contributed by atoms with Crippen molar-refractivity contribution in [1.29, 1.82) is 0 Å². The van der Waals surface area contributed by atoms with Crippen LogP contribution >= 0.6 is 11.6 Å². The van der Waals surface area contributed by atoms with E-state index in [-0.39, 0.29) is 12.2 Å². The lowest BCUT2D eigenvalue weighted by Crippen LogP contribution is -2.23. The van der Waals surface area contributed by atoms with E-state index in [0.717, 1.165) is 6.61 Å². The van der Waals surface area contributed by atoms with Gasteiger partial charge in [0, 0.05) is 0 Å². The summed E-state index contributed by atoms with van der Waals surface area (Å²) in [4.78, 5) is 0. The third-order valence-electron chi connectivity index (χ3n) is 1.63. The van der Waals surface area contributed by atoms with Crippen LogP contribution in [0.3, 0.4) is 0 Å². The normalized spacial score (nSPS) is 22.7. The van der Waals surface area contributed by atoms with Crippen molar-refractivity contribution < 1.29 is 14.2 Å². The summed E-state index contributed by atoms with van der Waals surface area (Å²) in [6.45, 7) is 6.03. The number of halogens is 1. The molecule has 3 nitrogen and oxygen atoms in total. The Morgan fingerprint density at radius 3 is 3.00 bits per heavy atom. The molecule has 1 rings (SSSR count). The van der Waals surface area contributed by atoms with Crippen LogP contribution in [0.5, 0.6) is 0 Å². The Morgan fingerprint density at radius 1 is 1.69 bits per heavy atom. The highest BCUT2D eigenvalue weighted by Gasteiger charge is 2.24. The molecule has 13 heavy (non-hydrogen) atoms. The van der Waals surface area contributed by atoms with Crippen LogP contribution in [0.25, 0.3) is 0 Å². The highest BCUT2D eigenvalue weighted by Crippen LogP contribution is 2.10. The van der Waals surface area contributed by atoms with E-state index in [1.165, 1.54) is 0 Å². The summed E-state index contributed by atoms with van der Waals surface area (Å²) in [6.07, 6.45) is 1.95. The van der Waals surface area contributed by atoms with Crippen molar-refractivity contribution in [3.05, 3.63) is 12.7 Å². The van der Waals surface area contributed by atoms with Gasteiger partial charge in [0.05, 0.1) is 38.4 Å². The molecule has 0 aromatic carbocycles. The maximum atomic E-state index is 5.68. The molecule has 4 heteroatoms. The van der Waals surface area contributed by atoms with Gasteiger partial charge >= 0.3 is 0 Å². The van der Waals surface area contributed by atoms with Gasteiger partial charge in [-0.05, 0) is 0 Å². The number of hydrogen-bond acceptors (Lipinski definition) is 3. The first-order valence-electron chi connectivity index (χ1n) is 4.34. The van der Waals surface area contributed by atoms with Crippen molar-refractivity contribution in [2.75, 3.05) is 32.3 Å². The number of rotatable bonds is 8. The quantitative estimate of drug-likeness (QED) is 0.259. The van der Waals surface area contributed by atoms with E-state index in [0.29, 0.717) is 25.7 Å². The molecular weight excluding hydrogens is 192 g/mol. The Morgan fingerprint density at radius 2 is 2.46 bits per heavy atom. The van der Waals surface area contributed by atoms with Gasteiger partial charge in [0.2, 0.25) is 0 Å². The second-order valence-corrected chi connectivity index (χ2v) is 3.20. The van der Waals surface area contributed by atoms with Crippen LogP contribution in [0.15, 0.2) is 12.7 Å². The number of hydrogen-bond donors (Lipinski definition) is 0. The fraction of sp³-hybridized carbons (Fsp3) is 0.778. The summed E-state index contributed by atoms with van der Waals surface area (Å²) in [5.41, 5.74) is 0. The summed E-state index contributed by atoms with van der Waals surface area (Å²) < 4.78 is 15.7. The molecule has 0 aromatic heterocycles. The number of epoxide rings is 1. The third kappa shape index (κ3) is 5.26. The Kier molecular flexibility index (Phi) is 5.39. The molecule has 0 saturated carbocycles. The summed E-state index contributed by atoms with van der Waals surface area (Å²) in [5, 5.41) is 0. The van der Waals surface area contributed by atoms with Crippen LogP contribution in [0.2, 0.25) is 0 Å². The molecule has 0 aliphatic carbocycles. The fourth-order valence-electron chi connectivity index (χ4n) is 0.828. The van der Waals surface area contributed by atoms with E-state index in [4.69, 9.17) is 25.8 Å². The van der Waals surface area contributed by atoms with E-state index in [1.807, 2.05) is 0 Å². The zero-order valence-corrected chi connectivity index (χ0v) is 8.33. The maximum absolute atomic E-state index is 5.68. The van der Waals surface area contributed by atoms with Gasteiger partial charge in [-0.15, -0.1) is 18.2 Å². The van der Waals surface area contributed by atoms with Gasteiger partial charge in [0.15, 0.2) is 0 Å². The van der Waals surface area contributed by atoms with Gasteiger partial charge in [-0.2, -0.15) is 0 Å². The zero-order valence-electron chi connectivity index (χ0n) is 7.58. The first-order chi connectivity index (χ1) is 6.36. The molecule has 0 aromatic rings. The highest BCUT2D eigenvalue weighted by atomic mass is 35.5. The van der Waals surface area contributed by atoms with Gasteiger partial charge in [0.25, 0.3) is 0 Å². The lowest BCUT2D eigenvalue weighted by molar-refractivity contribution is -0.00307. The fourth-order valence-corrected chi connectivity index (χ4v) is 1.01. The van der Waals surface area contributed by atoms with Crippen molar-refractivity contribution in [2.24, 2.45) is 0 Å². The molecule has 2 unspecified atom stereocenters. The van der Waals surface area contributed by atoms with E-state index in [9.17, 15) is 0 Å². The van der Waals surface area contributed by atoms with Crippen molar-refractivity contribution in [3.63, 3.8) is 0 Å². The van der Waals surface area contributed by atoms with Gasteiger partial charge in [-0.25, -0.2) is 0 Å². The number of ether oxygens (including phenoxy) is 3. The lowest BCUT2D eigenvalue weighted by atomic mass is 10.4. The van der Waals surface area contributed by atoms with Gasteiger partial charge in [-0.1, -0.05) is 6.08 Å². The van der Waals surface area contributed by atoms with E-state index >= 15 is 0 Å². The maximum Gasteiger partial charge on any atom is 0.104 e. The summed E-state index contributed by atoms with van der Waals surface area (Å²) in [6, 6.07) is 0. The molecule has 0 radical (unpaired) electrons. The summed E-state index contributed by atoms with van der Waals surface area (Å²) in [7, 11) is 0. The molecule has 1 heterocycles. The molecule has 76 valence electrons. The van der Waals surface area contributed by atoms with Crippen LogP contribution in [0.4, 0.5) is 0 Å². The van der Waals surface area contributed by atoms with Crippen molar-refractivity contribution in [2.45, 2.75) is 12.2 Å². The van der Waals surface area contributed by atoms with Gasteiger partial charge < -0.3 is 14.2 Å². The molecule has 0 N–H and O–H groups in total. The third-order valence-corrected chi connectivity index (χ3v) is 1.98. The standard InChI is InChI=1S/C9H15ClO3/c1-2-3-11-5-8(4-10)12-6-9-7-13-9/h2,8-9H,1,3-7H2. The summed E-state index contributed by atoms with van der Waals surface area (Å²) >= 11 is 5.68. The topological polar surface area (TPSA) is 31.0 Å². The first-order valence-corrected chi connectivity index (χ1v) is 4.88. The lowest BCUT2D eigenvalue weighted by Gasteiger charge is -2.13. The smallest absolute Gasteiger partial charge is 0.104 e. The molecule has 1 aliphatic rings. The van der Waals surface area contributed by atoms with Crippen LogP contribution in [-0.4, -0.2) is 44.5 Å². The predicted molar refractivity (Wildman–Crippen MR) is 51.2 cm³/mol. The second kappa shape index (κ2) is 6.38. The van der Waals surface area contributed by atoms with Crippen LogP contribution in [-0.2, 0) is 14.2 Å². The zero-order chi connectivity index (χ0) is 9.52. The van der Waals surface area contributed by atoms with Crippen molar-refractivity contribution >= 4 is 11.6 Å². The Hall–Kier alpha value is -0.0900. The number of alkyl halides is 1. The van der Waals surface area contributed by atoms with Crippen LogP contribution < -0.4 is 0 Å². The monoisotopic (exact) mass is 206 g/mol. The van der Waals surface area contributed by atoms with E-state index < -0.39 is 0 Å². The van der Waals surface area contributed by atoms with E-state index in [2.05, 4.69) is 6.58 Å². The second-order valence-electron chi connectivity index (χ2n) is 2.89. The largest absolute Gasteiger partial charge is 0.375 e. The SMILES string of the molecule is C=CCOCC(CCl)OCC1CO1. The molecule has 1 fully saturated rings. The molecule has 0 bridgehead atoms. The van der Waals surface area contributed by atoms with Crippen molar-refractivity contribution in [1.82, 2.24) is 0 Å². The van der Waals surface area contributed by atoms with Gasteiger partial charge in [0.1, 0.15) is 6.10 Å². The molecule has 0 amide bonds. The Bertz CT molecular complexity index is 148. The average molecular weight is 207 g/mol. The van der Waals surface area contributed by atoms with Crippen LogP contribution in [0.1, 0.15) is 0 Å². The molecule has 2 atom stereocenters. The van der Waals surface area contributed by atoms with Crippen molar-refractivity contribution in [3.8, 4) is 0 Å². The highest BCUT2D eigenvalue weighted by molar-refractivity contribution is 6.18. The van der Waals surface area contributed by atoms with E-state index in [1.54, 1.807) is 6.08 Å². The molecular formula is C9H15ClO3. The van der Waals surface area contributed by atoms with Crippen LogP contribution in [0, 0.1) is 0 Å².